The van der Waals surface area contributed by atoms with Crippen molar-refractivity contribution in [3.8, 4) is 0 Å². The van der Waals surface area contributed by atoms with Crippen LogP contribution in [0.1, 0.15) is 30.9 Å². The van der Waals surface area contributed by atoms with Crippen LogP contribution in [0.3, 0.4) is 0 Å². The number of nitrogens with zero attached hydrogens (tertiary/aromatic N) is 3. The number of nitrogens with one attached hydrogen (secondary N) is 2. The van der Waals surface area contributed by atoms with Gasteiger partial charge in [-0.1, -0.05) is 6.07 Å². The van der Waals surface area contributed by atoms with Crippen LogP contribution in [0.5, 0.6) is 0 Å². The van der Waals surface area contributed by atoms with E-state index in [0.717, 1.165) is 25.1 Å². The molecule has 0 spiro atoms. The normalized spacial score (nSPS) is 19.4. The number of hydrogen-bond donors (Lipinski definition) is 2. The number of anilines is 1. The van der Waals surface area contributed by atoms with Gasteiger partial charge in [-0.3, -0.25) is 14.5 Å². The maximum atomic E-state index is 12.2. The molecule has 6 nitrogen and oxygen atoms in total. The molecule has 1 fully saturated rings. The average Bonchev–Trinajstić information content (AvgIpc) is 3.18. The molecule has 0 unspecified atom stereocenters. The van der Waals surface area contributed by atoms with Gasteiger partial charge in [0.15, 0.2) is 5.82 Å². The number of carbonyl (C=O) groups is 1. The highest BCUT2D eigenvalue weighted by atomic mass is 16.1. The molecule has 0 bridgehead atoms. The SMILES string of the molecule is C[C@@H](C(=O)Nc1ccn([C@H]2CCNC2)n1)c1cccnc1. The Bertz CT molecular complexity index is 604. The summed E-state index contributed by atoms with van der Waals surface area (Å²) in [5.41, 5.74) is 0.898. The molecule has 1 saturated heterocycles. The zero-order chi connectivity index (χ0) is 14.7. The maximum absolute atomic E-state index is 12.2. The molecular formula is C15H19N5O. The van der Waals surface area contributed by atoms with Crippen LogP contribution in [0, 0.1) is 0 Å². The Morgan fingerprint density at radius 3 is 3.14 bits per heavy atom. The molecule has 1 aliphatic rings. The maximum Gasteiger partial charge on any atom is 0.232 e. The number of aromatic nitrogens is 3. The van der Waals surface area contributed by atoms with Crippen molar-refractivity contribution in [3.05, 3.63) is 42.4 Å². The smallest absolute Gasteiger partial charge is 0.232 e. The molecule has 0 radical (unpaired) electrons. The first-order valence-electron chi connectivity index (χ1n) is 7.20. The third kappa shape index (κ3) is 3.11. The first kappa shape index (κ1) is 13.8. The topological polar surface area (TPSA) is 71.8 Å². The van der Waals surface area contributed by atoms with Crippen molar-refractivity contribution < 1.29 is 4.79 Å². The van der Waals surface area contributed by atoms with Crippen molar-refractivity contribution in [2.45, 2.75) is 25.3 Å². The van der Waals surface area contributed by atoms with E-state index in [1.54, 1.807) is 12.4 Å². The van der Waals surface area contributed by atoms with Crippen molar-refractivity contribution >= 4 is 11.7 Å². The molecule has 2 N–H and O–H groups in total. The lowest BCUT2D eigenvalue weighted by atomic mass is 10.0. The van der Waals surface area contributed by atoms with E-state index in [0.29, 0.717) is 11.9 Å². The molecule has 2 aromatic heterocycles. The van der Waals surface area contributed by atoms with Gasteiger partial charge in [0.2, 0.25) is 5.91 Å². The van der Waals surface area contributed by atoms with Crippen molar-refractivity contribution in [2.24, 2.45) is 0 Å². The van der Waals surface area contributed by atoms with E-state index >= 15 is 0 Å². The van der Waals surface area contributed by atoms with Gasteiger partial charge in [0.1, 0.15) is 0 Å². The molecule has 2 atom stereocenters. The summed E-state index contributed by atoms with van der Waals surface area (Å²) in [6.07, 6.45) is 6.40. The Balaban J connectivity index is 1.64. The molecule has 0 saturated carbocycles. The number of pyridine rings is 1. The molecule has 0 aromatic carbocycles. The van der Waals surface area contributed by atoms with E-state index in [1.807, 2.05) is 36.0 Å². The average molecular weight is 285 g/mol. The Morgan fingerprint density at radius 1 is 1.52 bits per heavy atom. The highest BCUT2D eigenvalue weighted by Crippen LogP contribution is 2.18. The Morgan fingerprint density at radius 2 is 2.43 bits per heavy atom. The molecule has 2 aromatic rings. The lowest BCUT2D eigenvalue weighted by Crippen LogP contribution is -2.20. The second-order valence-electron chi connectivity index (χ2n) is 5.32. The Labute approximate surface area is 123 Å². The number of amides is 1. The summed E-state index contributed by atoms with van der Waals surface area (Å²) < 4.78 is 1.92. The fourth-order valence-corrected chi connectivity index (χ4v) is 2.49. The van der Waals surface area contributed by atoms with Gasteiger partial charge in [-0.15, -0.1) is 0 Å². The summed E-state index contributed by atoms with van der Waals surface area (Å²) in [7, 11) is 0. The van der Waals surface area contributed by atoms with E-state index in [4.69, 9.17) is 0 Å². The van der Waals surface area contributed by atoms with E-state index in [-0.39, 0.29) is 11.8 Å². The minimum absolute atomic E-state index is 0.0715. The minimum atomic E-state index is -0.253. The van der Waals surface area contributed by atoms with Gasteiger partial charge in [-0.25, -0.2) is 0 Å². The van der Waals surface area contributed by atoms with Crippen LogP contribution in [0.4, 0.5) is 5.82 Å². The van der Waals surface area contributed by atoms with Crippen molar-refractivity contribution in [1.82, 2.24) is 20.1 Å². The van der Waals surface area contributed by atoms with Gasteiger partial charge in [0.25, 0.3) is 0 Å². The third-order valence-electron chi connectivity index (χ3n) is 3.85. The molecule has 1 aliphatic heterocycles. The summed E-state index contributed by atoms with van der Waals surface area (Å²) in [5, 5.41) is 10.6. The van der Waals surface area contributed by atoms with Crippen molar-refractivity contribution in [1.29, 1.82) is 0 Å². The minimum Gasteiger partial charge on any atom is -0.315 e. The standard InChI is InChI=1S/C15H19N5O/c1-11(12-3-2-6-16-9-12)15(21)18-14-5-8-20(19-14)13-4-7-17-10-13/h2-3,5-6,8-9,11,13,17H,4,7,10H2,1H3,(H,18,19,21)/t11-,13+/m1/s1. The fraction of sp³-hybridized carbons (Fsp3) is 0.400. The van der Waals surface area contributed by atoms with Gasteiger partial charge in [-0.05, 0) is 31.5 Å². The molecule has 1 amide bonds. The van der Waals surface area contributed by atoms with Gasteiger partial charge in [0, 0.05) is 31.2 Å². The van der Waals surface area contributed by atoms with Crippen molar-refractivity contribution in [2.75, 3.05) is 18.4 Å². The van der Waals surface area contributed by atoms with Crippen LogP contribution >= 0.6 is 0 Å². The van der Waals surface area contributed by atoms with Gasteiger partial charge in [0.05, 0.1) is 12.0 Å². The van der Waals surface area contributed by atoms with Crippen LogP contribution in [-0.4, -0.2) is 33.8 Å². The summed E-state index contributed by atoms with van der Waals surface area (Å²) in [6.45, 7) is 3.82. The second-order valence-corrected chi connectivity index (χ2v) is 5.32. The zero-order valence-electron chi connectivity index (χ0n) is 12.0. The van der Waals surface area contributed by atoms with Gasteiger partial charge >= 0.3 is 0 Å². The molecule has 3 heterocycles. The molecule has 3 rings (SSSR count). The summed E-state index contributed by atoms with van der Waals surface area (Å²) >= 11 is 0. The lowest BCUT2D eigenvalue weighted by Gasteiger charge is -2.11. The monoisotopic (exact) mass is 285 g/mol. The Kier molecular flexibility index (Phi) is 3.96. The first-order valence-corrected chi connectivity index (χ1v) is 7.20. The van der Waals surface area contributed by atoms with Crippen LogP contribution in [0.15, 0.2) is 36.8 Å². The largest absolute Gasteiger partial charge is 0.315 e. The molecule has 110 valence electrons. The summed E-state index contributed by atoms with van der Waals surface area (Å²) in [6, 6.07) is 5.96. The van der Waals surface area contributed by atoms with E-state index in [2.05, 4.69) is 20.7 Å². The molecule has 21 heavy (non-hydrogen) atoms. The van der Waals surface area contributed by atoms with Crippen LogP contribution < -0.4 is 10.6 Å². The predicted molar refractivity (Wildman–Crippen MR) is 80.0 cm³/mol. The van der Waals surface area contributed by atoms with Crippen LogP contribution in [0.2, 0.25) is 0 Å². The van der Waals surface area contributed by atoms with Crippen LogP contribution in [-0.2, 0) is 4.79 Å². The quantitative estimate of drug-likeness (QED) is 0.894. The molecule has 0 aliphatic carbocycles. The second kappa shape index (κ2) is 6.05. The van der Waals surface area contributed by atoms with Gasteiger partial charge < -0.3 is 10.6 Å². The van der Waals surface area contributed by atoms with Crippen molar-refractivity contribution in [3.63, 3.8) is 0 Å². The summed E-state index contributed by atoms with van der Waals surface area (Å²) in [4.78, 5) is 16.3. The summed E-state index contributed by atoms with van der Waals surface area (Å²) in [5.74, 6) is 0.275. The van der Waals surface area contributed by atoms with Gasteiger partial charge in [-0.2, -0.15) is 5.10 Å². The van der Waals surface area contributed by atoms with Crippen LogP contribution in [0.25, 0.3) is 0 Å². The Hall–Kier alpha value is -2.21. The van der Waals surface area contributed by atoms with E-state index < -0.39 is 0 Å². The fourth-order valence-electron chi connectivity index (χ4n) is 2.49. The lowest BCUT2D eigenvalue weighted by molar-refractivity contribution is -0.117. The predicted octanol–water partition coefficient (Wildman–Crippen LogP) is 1.55. The molecule has 6 heteroatoms. The zero-order valence-corrected chi connectivity index (χ0v) is 12.0. The van der Waals surface area contributed by atoms with E-state index in [9.17, 15) is 4.79 Å². The number of hydrogen-bond acceptors (Lipinski definition) is 4. The number of carbonyl (C=O) groups excluding carboxylic acids is 1. The molecular weight excluding hydrogens is 266 g/mol. The van der Waals surface area contributed by atoms with E-state index in [1.165, 1.54) is 0 Å². The number of rotatable bonds is 4. The highest BCUT2D eigenvalue weighted by molar-refractivity contribution is 5.94. The third-order valence-corrected chi connectivity index (χ3v) is 3.85. The highest BCUT2D eigenvalue weighted by Gasteiger charge is 2.19. The first-order chi connectivity index (χ1) is 10.2.